The summed E-state index contributed by atoms with van der Waals surface area (Å²) in [6.45, 7) is 1.69. The Hall–Kier alpha value is -1.91. The third-order valence-electron chi connectivity index (χ3n) is 5.99. The highest BCUT2D eigenvalue weighted by Gasteiger charge is 2.44. The summed E-state index contributed by atoms with van der Waals surface area (Å²) in [7, 11) is 0. The van der Waals surface area contributed by atoms with Crippen LogP contribution in [0.1, 0.15) is 45.7 Å². The molecule has 0 saturated carbocycles. The van der Waals surface area contributed by atoms with Gasteiger partial charge in [-0.15, -0.1) is 21.5 Å². The van der Waals surface area contributed by atoms with Crippen molar-refractivity contribution in [3.8, 4) is 0 Å². The fraction of sp³-hybridized carbons (Fsp3) is 0.417. The first-order valence-electron chi connectivity index (χ1n) is 10.8. The van der Waals surface area contributed by atoms with Crippen LogP contribution in [0.3, 0.4) is 0 Å². The van der Waals surface area contributed by atoms with E-state index in [4.69, 9.17) is 16.3 Å². The molecule has 0 bridgehead atoms. The Morgan fingerprint density at radius 3 is 2.45 bits per heavy atom. The van der Waals surface area contributed by atoms with Crippen LogP contribution < -0.4 is 0 Å². The average Bonchev–Trinajstić information content (AvgIpc) is 3.26. The topological polar surface area (TPSA) is 116 Å². The molecule has 2 unspecified atom stereocenters. The van der Waals surface area contributed by atoms with Crippen molar-refractivity contribution in [3.63, 3.8) is 0 Å². The van der Waals surface area contributed by atoms with Crippen LogP contribution in [-0.2, 0) is 17.6 Å². The molecule has 0 amide bonds. The molecule has 7 nitrogen and oxygen atoms in total. The van der Waals surface area contributed by atoms with Crippen LogP contribution in [-0.4, -0.2) is 61.6 Å². The first-order chi connectivity index (χ1) is 15.9. The second kappa shape index (κ2) is 10.6. The van der Waals surface area contributed by atoms with Crippen LogP contribution in [0.15, 0.2) is 48.5 Å². The minimum atomic E-state index is -1.43. The van der Waals surface area contributed by atoms with E-state index in [1.54, 1.807) is 18.2 Å². The summed E-state index contributed by atoms with van der Waals surface area (Å²) >= 11 is 7.96. The maximum atomic E-state index is 10.4. The van der Waals surface area contributed by atoms with Crippen LogP contribution in [0, 0.1) is 0 Å². The summed E-state index contributed by atoms with van der Waals surface area (Å²) in [6.07, 6.45) is -4.80. The van der Waals surface area contributed by atoms with Gasteiger partial charge in [0, 0.05) is 17.9 Å². The van der Waals surface area contributed by atoms with E-state index in [2.05, 4.69) is 29.3 Å². The quantitative estimate of drug-likeness (QED) is 0.402. The fourth-order valence-electron chi connectivity index (χ4n) is 4.05. The lowest BCUT2D eigenvalue weighted by Gasteiger charge is -2.40. The molecule has 2 heterocycles. The molecular formula is C24H27ClN2O5S. The maximum Gasteiger partial charge on any atom is 0.121 e. The number of rotatable bonds is 7. The van der Waals surface area contributed by atoms with Gasteiger partial charge in [0.1, 0.15) is 40.5 Å². The first kappa shape index (κ1) is 24.2. The van der Waals surface area contributed by atoms with Crippen LogP contribution >= 0.6 is 22.9 Å². The number of aromatic nitrogens is 2. The Kier molecular flexibility index (Phi) is 7.76. The van der Waals surface area contributed by atoms with Gasteiger partial charge in [-0.2, -0.15) is 0 Å². The molecule has 9 heteroatoms. The summed E-state index contributed by atoms with van der Waals surface area (Å²) < 4.78 is 5.67. The Bertz CT molecular complexity index is 1060. The van der Waals surface area contributed by atoms with Crippen LogP contribution in [0.4, 0.5) is 0 Å². The summed E-state index contributed by atoms with van der Waals surface area (Å²) in [6, 6.07) is 15.5. The monoisotopic (exact) mass is 490 g/mol. The molecule has 0 spiro atoms. The zero-order valence-electron chi connectivity index (χ0n) is 18.1. The molecule has 33 heavy (non-hydrogen) atoms. The van der Waals surface area contributed by atoms with E-state index in [-0.39, 0.29) is 0 Å². The lowest BCUT2D eigenvalue weighted by Crippen LogP contribution is -2.55. The van der Waals surface area contributed by atoms with E-state index >= 15 is 0 Å². The second-order valence-corrected chi connectivity index (χ2v) is 9.94. The van der Waals surface area contributed by atoms with Gasteiger partial charge in [-0.25, -0.2) is 0 Å². The van der Waals surface area contributed by atoms with Crippen molar-refractivity contribution >= 4 is 22.9 Å². The normalized spacial score (nSPS) is 26.3. The molecular weight excluding hydrogens is 464 g/mol. The lowest BCUT2D eigenvalue weighted by atomic mass is 9.90. The predicted octanol–water partition coefficient (Wildman–Crippen LogP) is 2.64. The third kappa shape index (κ3) is 5.44. The molecule has 1 aromatic heterocycles. The van der Waals surface area contributed by atoms with Crippen molar-refractivity contribution in [1.82, 2.24) is 10.2 Å². The summed E-state index contributed by atoms with van der Waals surface area (Å²) in [5, 5.41) is 51.0. The zero-order chi connectivity index (χ0) is 23.5. The van der Waals surface area contributed by atoms with Crippen molar-refractivity contribution < 1.29 is 25.2 Å². The van der Waals surface area contributed by atoms with E-state index in [0.717, 1.165) is 22.0 Å². The smallest absolute Gasteiger partial charge is 0.121 e. The summed E-state index contributed by atoms with van der Waals surface area (Å²) in [5.41, 5.74) is 2.63. The molecule has 1 aliphatic rings. The van der Waals surface area contributed by atoms with Crippen LogP contribution in [0.2, 0.25) is 5.02 Å². The fourth-order valence-corrected chi connectivity index (χ4v) is 5.23. The Balaban J connectivity index is 1.49. The molecule has 2 aromatic carbocycles. The van der Waals surface area contributed by atoms with Gasteiger partial charge in [0.25, 0.3) is 0 Å². The van der Waals surface area contributed by atoms with Gasteiger partial charge in [0.2, 0.25) is 0 Å². The van der Waals surface area contributed by atoms with Crippen molar-refractivity contribution in [2.75, 3.05) is 6.61 Å². The molecule has 6 atom stereocenters. The minimum Gasteiger partial charge on any atom is -0.394 e. The van der Waals surface area contributed by atoms with Crippen LogP contribution in [0.25, 0.3) is 0 Å². The van der Waals surface area contributed by atoms with Gasteiger partial charge in [-0.05, 0) is 28.7 Å². The molecule has 1 saturated heterocycles. The lowest BCUT2D eigenvalue weighted by molar-refractivity contribution is -0.231. The second-order valence-electron chi connectivity index (χ2n) is 8.38. The molecule has 1 aliphatic heterocycles. The van der Waals surface area contributed by atoms with Gasteiger partial charge in [-0.3, -0.25) is 0 Å². The number of nitrogens with zero attached hydrogens (tertiary/aromatic N) is 2. The zero-order valence-corrected chi connectivity index (χ0v) is 19.7. The SMILES string of the molecule is CC(Cc1nnc(Cc2cc(C3O[C@H](CO)[C@@H](O)[C@H](O)[C@H]3O)ccc2Cl)s1)c1ccccc1. The highest BCUT2D eigenvalue weighted by molar-refractivity contribution is 7.11. The van der Waals surface area contributed by atoms with Crippen molar-refractivity contribution in [2.24, 2.45) is 0 Å². The molecule has 4 N–H and O–H groups in total. The van der Waals surface area contributed by atoms with Gasteiger partial charge in [-0.1, -0.05) is 61.0 Å². The molecule has 0 radical (unpaired) electrons. The number of hydrogen-bond acceptors (Lipinski definition) is 8. The van der Waals surface area contributed by atoms with Gasteiger partial charge < -0.3 is 25.2 Å². The molecule has 176 valence electrons. The molecule has 1 fully saturated rings. The molecule has 0 aliphatic carbocycles. The Morgan fingerprint density at radius 1 is 1.00 bits per heavy atom. The number of aliphatic hydroxyl groups excluding tert-OH is 4. The average molecular weight is 491 g/mol. The third-order valence-corrected chi connectivity index (χ3v) is 7.30. The highest BCUT2D eigenvalue weighted by Crippen LogP contribution is 2.34. The molecule has 4 rings (SSSR count). The summed E-state index contributed by atoms with van der Waals surface area (Å²) in [5.74, 6) is 0.324. The van der Waals surface area contributed by atoms with Crippen molar-refractivity contribution in [1.29, 1.82) is 0 Å². The Morgan fingerprint density at radius 2 is 1.73 bits per heavy atom. The van der Waals surface area contributed by atoms with Gasteiger partial charge in [0.15, 0.2) is 0 Å². The van der Waals surface area contributed by atoms with Gasteiger partial charge >= 0.3 is 0 Å². The van der Waals surface area contributed by atoms with E-state index < -0.39 is 37.1 Å². The van der Waals surface area contributed by atoms with Gasteiger partial charge in [0.05, 0.1) is 6.61 Å². The summed E-state index contributed by atoms with van der Waals surface area (Å²) in [4.78, 5) is 0. The van der Waals surface area contributed by atoms with Crippen molar-refractivity contribution in [3.05, 3.63) is 80.3 Å². The minimum absolute atomic E-state index is 0.324. The van der Waals surface area contributed by atoms with E-state index in [1.807, 2.05) is 18.2 Å². The number of halogens is 1. The maximum absolute atomic E-state index is 10.4. The predicted molar refractivity (Wildman–Crippen MR) is 125 cm³/mol. The number of aliphatic hydroxyl groups is 4. The largest absolute Gasteiger partial charge is 0.394 e. The standard InChI is InChI=1S/C24H27ClN2O5S/c1-13(14-5-3-2-4-6-14)9-19-26-27-20(33-19)11-16-10-15(7-8-17(16)25)24-23(31)22(30)21(29)18(12-28)32-24/h2-8,10,13,18,21-24,28-31H,9,11-12H2,1H3/t13?,18-,21-,22+,23-,24?/m1/s1. The van der Waals surface area contributed by atoms with E-state index in [9.17, 15) is 20.4 Å². The van der Waals surface area contributed by atoms with Crippen LogP contribution in [0.5, 0.6) is 0 Å². The number of ether oxygens (including phenoxy) is 1. The van der Waals surface area contributed by atoms with E-state index in [0.29, 0.717) is 22.9 Å². The van der Waals surface area contributed by atoms with Crippen molar-refractivity contribution in [2.45, 2.75) is 56.2 Å². The number of hydrogen-bond donors (Lipinski definition) is 4. The van der Waals surface area contributed by atoms with E-state index in [1.165, 1.54) is 16.9 Å². The highest BCUT2D eigenvalue weighted by atomic mass is 35.5. The Labute approximate surface area is 201 Å². The molecule has 3 aromatic rings. The first-order valence-corrected chi connectivity index (χ1v) is 12.0. The number of benzene rings is 2.